The fourth-order valence-corrected chi connectivity index (χ4v) is 3.01. The molecule has 0 unspecified atom stereocenters. The van der Waals surface area contributed by atoms with Gasteiger partial charge < -0.3 is 24.3 Å². The summed E-state index contributed by atoms with van der Waals surface area (Å²) in [6, 6.07) is 20.7. The third-order valence-electron chi connectivity index (χ3n) is 4.69. The number of benzene rings is 3. The van der Waals surface area contributed by atoms with Crippen LogP contribution in [-0.2, 0) is 14.2 Å². The van der Waals surface area contributed by atoms with Gasteiger partial charge >= 0.3 is 5.97 Å². The van der Waals surface area contributed by atoms with Crippen LogP contribution in [0.25, 0.3) is 10.8 Å². The summed E-state index contributed by atoms with van der Waals surface area (Å²) in [6.07, 6.45) is 0.0526. The average molecular weight is 424 g/mol. The van der Waals surface area contributed by atoms with Crippen LogP contribution < -0.4 is 10.1 Å². The number of fused-ring (bicyclic) bond motifs is 1. The Kier molecular flexibility index (Phi) is 8.84. The molecule has 3 aromatic rings. The molecular formula is C25H29NO5. The van der Waals surface area contributed by atoms with Gasteiger partial charge in [0.1, 0.15) is 5.75 Å². The number of anilines is 1. The topological polar surface area (TPSA) is 66.0 Å². The second-order valence-corrected chi connectivity index (χ2v) is 7.15. The Morgan fingerprint density at radius 1 is 0.903 bits per heavy atom. The summed E-state index contributed by atoms with van der Waals surface area (Å²) in [5.41, 5.74) is 1.52. The maximum atomic E-state index is 12.4. The summed E-state index contributed by atoms with van der Waals surface area (Å²) in [4.78, 5) is 12.4. The zero-order valence-electron chi connectivity index (χ0n) is 18.0. The number of carbonyl (C=O) groups is 1. The molecule has 0 heterocycles. The number of nitrogens with one attached hydrogen (secondary N) is 1. The van der Waals surface area contributed by atoms with E-state index in [0.29, 0.717) is 44.3 Å². The third-order valence-corrected chi connectivity index (χ3v) is 4.69. The lowest BCUT2D eigenvalue weighted by atomic mass is 10.1. The molecule has 0 saturated heterocycles. The van der Waals surface area contributed by atoms with Crippen molar-refractivity contribution < 1.29 is 23.7 Å². The predicted molar refractivity (Wildman–Crippen MR) is 122 cm³/mol. The number of hydrogen-bond donors (Lipinski definition) is 1. The van der Waals surface area contributed by atoms with Gasteiger partial charge in [0.15, 0.2) is 0 Å². The number of methoxy groups -OCH3 is 1. The van der Waals surface area contributed by atoms with Crippen molar-refractivity contribution in [1.29, 1.82) is 0 Å². The number of rotatable bonds is 12. The van der Waals surface area contributed by atoms with Crippen molar-refractivity contribution >= 4 is 22.4 Å². The first-order valence-corrected chi connectivity index (χ1v) is 10.4. The smallest absolute Gasteiger partial charge is 0.343 e. The van der Waals surface area contributed by atoms with Crippen LogP contribution in [0.1, 0.15) is 17.3 Å². The lowest BCUT2D eigenvalue weighted by Crippen LogP contribution is -2.22. The Hall–Kier alpha value is -2.93. The van der Waals surface area contributed by atoms with Crippen LogP contribution in [-0.4, -0.2) is 52.2 Å². The van der Waals surface area contributed by atoms with E-state index in [1.807, 2.05) is 49.4 Å². The van der Waals surface area contributed by atoms with Crippen LogP contribution in [0, 0.1) is 0 Å². The first-order valence-electron chi connectivity index (χ1n) is 10.4. The van der Waals surface area contributed by atoms with Crippen molar-refractivity contribution in [3.8, 4) is 5.75 Å². The zero-order chi connectivity index (χ0) is 21.9. The van der Waals surface area contributed by atoms with Crippen LogP contribution in [0.3, 0.4) is 0 Å². The maximum absolute atomic E-state index is 12.4. The van der Waals surface area contributed by atoms with E-state index in [0.717, 1.165) is 16.5 Å². The second kappa shape index (κ2) is 12.1. The zero-order valence-corrected chi connectivity index (χ0v) is 18.0. The molecular weight excluding hydrogens is 394 g/mol. The molecule has 0 radical (unpaired) electrons. The van der Waals surface area contributed by atoms with E-state index in [1.54, 1.807) is 25.3 Å². The molecule has 0 fully saturated rings. The molecule has 31 heavy (non-hydrogen) atoms. The molecule has 3 aromatic carbocycles. The Balaban J connectivity index is 1.50. The summed E-state index contributed by atoms with van der Waals surface area (Å²) in [5.74, 6) is 0.164. The fourth-order valence-electron chi connectivity index (χ4n) is 3.01. The van der Waals surface area contributed by atoms with Crippen molar-refractivity contribution in [2.24, 2.45) is 0 Å². The molecule has 3 rings (SSSR count). The van der Waals surface area contributed by atoms with Crippen molar-refractivity contribution in [3.05, 3.63) is 72.3 Å². The van der Waals surface area contributed by atoms with E-state index in [4.69, 9.17) is 18.9 Å². The third kappa shape index (κ3) is 7.36. The SMILES string of the molecule is COCCOCCO[C@@H](C)CNc1ccc2cc(C(=O)Oc3ccccc3)ccc2c1. The molecule has 0 aliphatic carbocycles. The van der Waals surface area contributed by atoms with Crippen molar-refractivity contribution in [2.45, 2.75) is 13.0 Å². The summed E-state index contributed by atoms with van der Waals surface area (Å²) in [6.45, 7) is 4.98. The minimum Gasteiger partial charge on any atom is -0.423 e. The molecule has 1 atom stereocenters. The van der Waals surface area contributed by atoms with Crippen LogP contribution in [0.5, 0.6) is 5.75 Å². The van der Waals surface area contributed by atoms with Gasteiger partial charge in [-0.2, -0.15) is 0 Å². The molecule has 0 bridgehead atoms. The van der Waals surface area contributed by atoms with Gasteiger partial charge in [-0.25, -0.2) is 4.79 Å². The van der Waals surface area contributed by atoms with E-state index < -0.39 is 0 Å². The first-order chi connectivity index (χ1) is 15.2. The Bertz CT molecular complexity index is 961. The summed E-state index contributed by atoms with van der Waals surface area (Å²) >= 11 is 0. The molecule has 6 heteroatoms. The highest BCUT2D eigenvalue weighted by molar-refractivity contribution is 5.97. The van der Waals surface area contributed by atoms with Gasteiger partial charge in [-0.3, -0.25) is 0 Å². The van der Waals surface area contributed by atoms with Crippen LogP contribution in [0.15, 0.2) is 66.7 Å². The van der Waals surface area contributed by atoms with Gasteiger partial charge in [0.05, 0.1) is 38.1 Å². The highest BCUT2D eigenvalue weighted by Crippen LogP contribution is 2.22. The number of esters is 1. The van der Waals surface area contributed by atoms with Gasteiger partial charge in [-0.1, -0.05) is 30.3 Å². The predicted octanol–water partition coefficient (Wildman–Crippen LogP) is 4.54. The molecule has 0 saturated carbocycles. The Morgan fingerprint density at radius 2 is 1.65 bits per heavy atom. The highest BCUT2D eigenvalue weighted by Gasteiger charge is 2.10. The summed E-state index contributed by atoms with van der Waals surface area (Å²) in [5, 5.41) is 5.41. The normalized spacial score (nSPS) is 11.9. The maximum Gasteiger partial charge on any atom is 0.343 e. The number of para-hydroxylation sites is 1. The average Bonchev–Trinajstić information content (AvgIpc) is 2.80. The summed E-state index contributed by atoms with van der Waals surface area (Å²) in [7, 11) is 1.65. The van der Waals surface area contributed by atoms with Gasteiger partial charge in [0.2, 0.25) is 0 Å². The molecule has 0 aliphatic heterocycles. The quantitative estimate of drug-likeness (QED) is 0.262. The molecule has 6 nitrogen and oxygen atoms in total. The number of carbonyl (C=O) groups excluding carboxylic acids is 1. The van der Waals surface area contributed by atoms with Gasteiger partial charge in [-0.15, -0.1) is 0 Å². The van der Waals surface area contributed by atoms with E-state index in [9.17, 15) is 4.79 Å². The molecule has 0 amide bonds. The van der Waals surface area contributed by atoms with E-state index >= 15 is 0 Å². The minimum absolute atomic E-state index is 0.0526. The standard InChI is InChI=1S/C25H29NO5/c1-19(30-15-14-29-13-12-28-2)18-26-23-11-10-20-16-22(9-8-21(20)17-23)25(27)31-24-6-4-3-5-7-24/h3-11,16-17,19,26H,12-15,18H2,1-2H3/t19-/m0/s1. The number of hydrogen-bond acceptors (Lipinski definition) is 6. The molecule has 0 aliphatic rings. The van der Waals surface area contributed by atoms with Gasteiger partial charge in [-0.05, 0) is 54.1 Å². The number of ether oxygens (including phenoxy) is 4. The van der Waals surface area contributed by atoms with Crippen molar-refractivity contribution in [1.82, 2.24) is 0 Å². The molecule has 0 spiro atoms. The van der Waals surface area contributed by atoms with E-state index in [1.165, 1.54) is 0 Å². The molecule has 1 N–H and O–H groups in total. The van der Waals surface area contributed by atoms with Gasteiger partial charge in [0, 0.05) is 19.3 Å². The van der Waals surface area contributed by atoms with Crippen molar-refractivity contribution in [2.75, 3.05) is 45.4 Å². The lowest BCUT2D eigenvalue weighted by molar-refractivity contribution is 0.00356. The lowest BCUT2D eigenvalue weighted by Gasteiger charge is -2.15. The highest BCUT2D eigenvalue weighted by atomic mass is 16.5. The first kappa shape index (κ1) is 22.7. The van der Waals surface area contributed by atoms with Crippen LogP contribution in [0.2, 0.25) is 0 Å². The van der Waals surface area contributed by atoms with E-state index in [-0.39, 0.29) is 12.1 Å². The fraction of sp³-hybridized carbons (Fsp3) is 0.320. The Morgan fingerprint density at radius 3 is 2.45 bits per heavy atom. The Labute approximate surface area is 183 Å². The molecule has 0 aromatic heterocycles. The van der Waals surface area contributed by atoms with Gasteiger partial charge in [0.25, 0.3) is 0 Å². The van der Waals surface area contributed by atoms with E-state index in [2.05, 4.69) is 11.4 Å². The second-order valence-electron chi connectivity index (χ2n) is 7.15. The van der Waals surface area contributed by atoms with Crippen molar-refractivity contribution in [3.63, 3.8) is 0 Å². The van der Waals surface area contributed by atoms with Crippen LogP contribution in [0.4, 0.5) is 5.69 Å². The monoisotopic (exact) mass is 423 g/mol. The van der Waals surface area contributed by atoms with Crippen LogP contribution >= 0.6 is 0 Å². The molecule has 164 valence electrons. The largest absolute Gasteiger partial charge is 0.423 e. The summed E-state index contributed by atoms with van der Waals surface area (Å²) < 4.78 is 21.5. The minimum atomic E-state index is -0.368.